The molecule has 2 aromatic rings. The minimum Gasteiger partial charge on any atom is -0.385 e. The standard InChI is InChI=1S/C21H28N2O4S/c1-17-3-7-19(8-4-17)23(16-20(24)15-22-11-13-27-14-12-22)28(25,26)21-9-5-18(2)6-10-21/h3-10,20,24H,11-16H2,1-2H3/p+1/t20-/m0/s1. The van der Waals surface area contributed by atoms with Gasteiger partial charge in [-0.15, -0.1) is 0 Å². The van der Waals surface area contributed by atoms with Crippen molar-refractivity contribution in [3.63, 3.8) is 0 Å². The number of nitrogens with one attached hydrogen (secondary N) is 1. The van der Waals surface area contributed by atoms with Crippen LogP contribution in [0.5, 0.6) is 0 Å². The van der Waals surface area contributed by atoms with E-state index in [-0.39, 0.29) is 11.4 Å². The largest absolute Gasteiger partial charge is 0.385 e. The van der Waals surface area contributed by atoms with E-state index < -0.39 is 16.1 Å². The fourth-order valence-corrected chi connectivity index (χ4v) is 4.85. The molecule has 1 aliphatic heterocycles. The number of morpholine rings is 1. The second kappa shape index (κ2) is 9.05. The van der Waals surface area contributed by atoms with Crippen molar-refractivity contribution < 1.29 is 23.2 Å². The molecule has 0 radical (unpaired) electrons. The van der Waals surface area contributed by atoms with Crippen LogP contribution in [0.25, 0.3) is 0 Å². The molecule has 0 aliphatic carbocycles. The first-order valence-corrected chi connectivity index (χ1v) is 11.1. The van der Waals surface area contributed by atoms with Gasteiger partial charge in [-0.3, -0.25) is 4.31 Å². The Morgan fingerprint density at radius 2 is 1.54 bits per heavy atom. The van der Waals surface area contributed by atoms with E-state index >= 15 is 0 Å². The molecule has 2 N–H and O–H groups in total. The highest BCUT2D eigenvalue weighted by atomic mass is 32.2. The highest BCUT2D eigenvalue weighted by Gasteiger charge is 2.29. The van der Waals surface area contributed by atoms with Gasteiger partial charge in [0, 0.05) is 0 Å². The Labute approximate surface area is 167 Å². The van der Waals surface area contributed by atoms with E-state index in [1.54, 1.807) is 36.4 Å². The van der Waals surface area contributed by atoms with E-state index in [4.69, 9.17) is 4.74 Å². The van der Waals surface area contributed by atoms with Crippen LogP contribution >= 0.6 is 0 Å². The molecule has 0 spiro atoms. The number of ether oxygens (including phenoxy) is 1. The summed E-state index contributed by atoms with van der Waals surface area (Å²) in [5.41, 5.74) is 2.61. The normalized spacial score (nSPS) is 16.7. The Bertz CT molecular complexity index is 860. The topological polar surface area (TPSA) is 71.3 Å². The van der Waals surface area contributed by atoms with Crippen LogP contribution in [0.2, 0.25) is 0 Å². The molecule has 0 unspecified atom stereocenters. The molecule has 1 saturated heterocycles. The summed E-state index contributed by atoms with van der Waals surface area (Å²) in [6.45, 7) is 7.39. The van der Waals surface area contributed by atoms with E-state index in [9.17, 15) is 13.5 Å². The lowest BCUT2D eigenvalue weighted by Crippen LogP contribution is -3.15. The first-order valence-electron chi connectivity index (χ1n) is 9.62. The molecule has 152 valence electrons. The lowest BCUT2D eigenvalue weighted by molar-refractivity contribution is -0.910. The van der Waals surface area contributed by atoms with E-state index in [2.05, 4.69) is 0 Å². The summed E-state index contributed by atoms with van der Waals surface area (Å²) in [7, 11) is -3.78. The van der Waals surface area contributed by atoms with Crippen LogP contribution in [0.15, 0.2) is 53.4 Å². The average Bonchev–Trinajstić information content (AvgIpc) is 2.68. The van der Waals surface area contributed by atoms with Gasteiger partial charge in [0.2, 0.25) is 0 Å². The van der Waals surface area contributed by atoms with E-state index in [1.165, 1.54) is 9.21 Å². The quantitative estimate of drug-likeness (QED) is 0.714. The number of aliphatic hydroxyl groups excluding tert-OH is 1. The van der Waals surface area contributed by atoms with Gasteiger partial charge in [0.05, 0.1) is 30.3 Å². The number of aliphatic hydroxyl groups is 1. The number of nitrogens with zero attached hydrogens (tertiary/aromatic N) is 1. The number of hydrogen-bond acceptors (Lipinski definition) is 4. The first-order chi connectivity index (χ1) is 13.4. The van der Waals surface area contributed by atoms with Crippen molar-refractivity contribution in [2.75, 3.05) is 43.7 Å². The molecule has 1 fully saturated rings. The maximum Gasteiger partial charge on any atom is 0.264 e. The van der Waals surface area contributed by atoms with Crippen LogP contribution < -0.4 is 9.21 Å². The Hall–Kier alpha value is -1.93. The van der Waals surface area contributed by atoms with Gasteiger partial charge in [0.15, 0.2) is 0 Å². The maximum atomic E-state index is 13.3. The highest BCUT2D eigenvalue weighted by molar-refractivity contribution is 7.92. The van der Waals surface area contributed by atoms with Gasteiger partial charge in [0.25, 0.3) is 10.0 Å². The third-order valence-corrected chi connectivity index (χ3v) is 6.84. The van der Waals surface area contributed by atoms with Crippen molar-refractivity contribution in [3.05, 3.63) is 59.7 Å². The van der Waals surface area contributed by atoms with Crippen molar-refractivity contribution in [1.29, 1.82) is 0 Å². The maximum absolute atomic E-state index is 13.3. The monoisotopic (exact) mass is 405 g/mol. The zero-order chi connectivity index (χ0) is 20.1. The predicted octanol–water partition coefficient (Wildman–Crippen LogP) is 0.775. The number of rotatable bonds is 7. The number of quaternary nitrogens is 1. The smallest absolute Gasteiger partial charge is 0.264 e. The van der Waals surface area contributed by atoms with Gasteiger partial charge >= 0.3 is 0 Å². The van der Waals surface area contributed by atoms with Gasteiger partial charge in [-0.1, -0.05) is 35.4 Å². The number of sulfonamides is 1. The third kappa shape index (κ3) is 5.11. The Morgan fingerprint density at radius 3 is 2.11 bits per heavy atom. The van der Waals surface area contributed by atoms with Crippen molar-refractivity contribution in [2.24, 2.45) is 0 Å². The zero-order valence-electron chi connectivity index (χ0n) is 16.5. The van der Waals surface area contributed by atoms with Crippen LogP contribution in [0.3, 0.4) is 0 Å². The Kier molecular flexibility index (Phi) is 6.72. The number of anilines is 1. The van der Waals surface area contributed by atoms with E-state index in [0.717, 1.165) is 24.2 Å². The zero-order valence-corrected chi connectivity index (χ0v) is 17.3. The molecule has 0 amide bonds. The Morgan fingerprint density at radius 1 is 1.00 bits per heavy atom. The molecule has 1 aliphatic rings. The highest BCUT2D eigenvalue weighted by Crippen LogP contribution is 2.24. The van der Waals surface area contributed by atoms with Crippen molar-refractivity contribution in [2.45, 2.75) is 24.8 Å². The second-order valence-corrected chi connectivity index (χ2v) is 9.27. The molecule has 3 rings (SSSR count). The Balaban J connectivity index is 1.86. The lowest BCUT2D eigenvalue weighted by Gasteiger charge is -2.30. The van der Waals surface area contributed by atoms with Crippen LogP contribution in [-0.4, -0.2) is 59.0 Å². The fourth-order valence-electron chi connectivity index (χ4n) is 3.34. The molecular weight excluding hydrogens is 376 g/mol. The van der Waals surface area contributed by atoms with Crippen LogP contribution in [0.1, 0.15) is 11.1 Å². The van der Waals surface area contributed by atoms with Crippen LogP contribution in [0.4, 0.5) is 5.69 Å². The first kappa shape index (κ1) is 20.8. The van der Waals surface area contributed by atoms with Crippen LogP contribution in [-0.2, 0) is 14.8 Å². The van der Waals surface area contributed by atoms with E-state index in [0.29, 0.717) is 25.4 Å². The summed E-state index contributed by atoms with van der Waals surface area (Å²) in [6.07, 6.45) is -0.769. The summed E-state index contributed by atoms with van der Waals surface area (Å²) in [6, 6.07) is 14.1. The fraction of sp³-hybridized carbons (Fsp3) is 0.429. The van der Waals surface area contributed by atoms with Crippen molar-refractivity contribution in [1.82, 2.24) is 0 Å². The van der Waals surface area contributed by atoms with Crippen LogP contribution in [0, 0.1) is 13.8 Å². The van der Waals surface area contributed by atoms with Gasteiger partial charge in [0.1, 0.15) is 25.7 Å². The molecule has 6 nitrogen and oxygen atoms in total. The van der Waals surface area contributed by atoms with E-state index in [1.807, 2.05) is 26.0 Å². The summed E-state index contributed by atoms with van der Waals surface area (Å²) < 4.78 is 33.4. The van der Waals surface area contributed by atoms with Gasteiger partial charge < -0.3 is 14.7 Å². The lowest BCUT2D eigenvalue weighted by atomic mass is 10.2. The molecule has 2 aromatic carbocycles. The molecule has 0 aromatic heterocycles. The molecule has 28 heavy (non-hydrogen) atoms. The van der Waals surface area contributed by atoms with Crippen molar-refractivity contribution in [3.8, 4) is 0 Å². The molecule has 1 atom stereocenters. The molecule has 0 saturated carbocycles. The molecule has 1 heterocycles. The van der Waals surface area contributed by atoms with Crippen molar-refractivity contribution >= 4 is 15.7 Å². The van der Waals surface area contributed by atoms with Gasteiger partial charge in [-0.2, -0.15) is 0 Å². The predicted molar refractivity (Wildman–Crippen MR) is 109 cm³/mol. The van der Waals surface area contributed by atoms with Gasteiger partial charge in [-0.05, 0) is 38.1 Å². The number of benzene rings is 2. The SMILES string of the molecule is Cc1ccc(N(C[C@@H](O)C[NH+]2CCOCC2)S(=O)(=O)c2ccc(C)cc2)cc1. The number of hydrogen-bond donors (Lipinski definition) is 2. The summed E-state index contributed by atoms with van der Waals surface area (Å²) in [5, 5.41) is 10.7. The average molecular weight is 406 g/mol. The minimum absolute atomic E-state index is 0.0175. The van der Waals surface area contributed by atoms with Gasteiger partial charge in [-0.25, -0.2) is 8.42 Å². The third-order valence-electron chi connectivity index (χ3n) is 5.03. The number of aryl methyl sites for hydroxylation is 2. The summed E-state index contributed by atoms with van der Waals surface area (Å²) >= 11 is 0. The minimum atomic E-state index is -3.78. The molecule has 7 heteroatoms. The molecular formula is C21H29N2O4S+. The second-order valence-electron chi connectivity index (χ2n) is 7.41. The summed E-state index contributed by atoms with van der Waals surface area (Å²) in [4.78, 5) is 1.46. The molecule has 0 bridgehead atoms. The summed E-state index contributed by atoms with van der Waals surface area (Å²) in [5.74, 6) is 0.